The largest absolute Gasteiger partial charge is 0.299 e. The Labute approximate surface area is 103 Å². The van der Waals surface area contributed by atoms with Crippen molar-refractivity contribution in [3.8, 4) is 0 Å². The molecule has 0 N–H and O–H groups in total. The number of ketones is 1. The molecule has 0 aromatic carbocycles. The minimum atomic E-state index is 0.275. The summed E-state index contributed by atoms with van der Waals surface area (Å²) >= 11 is 3.28. The topological polar surface area (TPSA) is 30.0 Å². The predicted molar refractivity (Wildman–Crippen MR) is 68.2 cm³/mol. The van der Waals surface area contributed by atoms with Gasteiger partial charge in [-0.15, -0.1) is 11.3 Å². The van der Waals surface area contributed by atoms with Gasteiger partial charge in [-0.2, -0.15) is 11.3 Å². The van der Waals surface area contributed by atoms with Crippen LogP contribution in [0.1, 0.15) is 22.7 Å². The zero-order chi connectivity index (χ0) is 11.4. The lowest BCUT2D eigenvalue weighted by Crippen LogP contribution is -2.04. The Hall–Kier alpha value is -1.00. The summed E-state index contributed by atoms with van der Waals surface area (Å²) in [6.45, 7) is 1.96. The molecule has 0 saturated carbocycles. The lowest BCUT2D eigenvalue weighted by molar-refractivity contribution is -0.118. The third-order valence-corrected chi connectivity index (χ3v) is 3.87. The number of aryl methyl sites for hydroxylation is 2. The standard InChI is InChI=1S/C12H13NOS2/c1-9-13-11(8-16-9)6-12(14)3-2-10-4-5-15-7-10/h4-5,7-8H,2-3,6H2,1H3. The minimum absolute atomic E-state index is 0.275. The van der Waals surface area contributed by atoms with Gasteiger partial charge in [0, 0.05) is 18.2 Å². The van der Waals surface area contributed by atoms with E-state index in [0.29, 0.717) is 12.8 Å². The Bertz CT molecular complexity index is 459. The molecule has 2 nitrogen and oxygen atoms in total. The summed E-state index contributed by atoms with van der Waals surface area (Å²) in [7, 11) is 0. The van der Waals surface area contributed by atoms with Crippen molar-refractivity contribution in [3.63, 3.8) is 0 Å². The summed E-state index contributed by atoms with van der Waals surface area (Å²) in [5.41, 5.74) is 2.17. The number of thiazole rings is 1. The van der Waals surface area contributed by atoms with E-state index in [-0.39, 0.29) is 5.78 Å². The number of Topliss-reactive ketones (excluding diaryl/α,β-unsaturated/α-hetero) is 1. The van der Waals surface area contributed by atoms with Gasteiger partial charge in [-0.25, -0.2) is 4.98 Å². The molecule has 0 aliphatic carbocycles. The molecular formula is C12H13NOS2. The smallest absolute Gasteiger partial charge is 0.139 e. The number of hydrogen-bond donors (Lipinski definition) is 0. The number of rotatable bonds is 5. The van der Waals surface area contributed by atoms with Crippen molar-refractivity contribution in [3.05, 3.63) is 38.5 Å². The van der Waals surface area contributed by atoms with Crippen LogP contribution in [0.5, 0.6) is 0 Å². The Morgan fingerprint density at radius 1 is 1.44 bits per heavy atom. The van der Waals surface area contributed by atoms with Crippen LogP contribution >= 0.6 is 22.7 Å². The van der Waals surface area contributed by atoms with Crippen LogP contribution in [0.25, 0.3) is 0 Å². The van der Waals surface area contributed by atoms with E-state index in [1.807, 2.05) is 17.7 Å². The molecule has 0 aliphatic heterocycles. The van der Waals surface area contributed by atoms with E-state index in [2.05, 4.69) is 16.4 Å². The van der Waals surface area contributed by atoms with Gasteiger partial charge in [0.05, 0.1) is 10.7 Å². The molecule has 0 amide bonds. The van der Waals surface area contributed by atoms with Crippen LogP contribution in [-0.4, -0.2) is 10.8 Å². The van der Waals surface area contributed by atoms with Crippen LogP contribution in [0.2, 0.25) is 0 Å². The van der Waals surface area contributed by atoms with Gasteiger partial charge >= 0.3 is 0 Å². The Morgan fingerprint density at radius 3 is 2.94 bits per heavy atom. The van der Waals surface area contributed by atoms with Gasteiger partial charge in [-0.3, -0.25) is 4.79 Å². The zero-order valence-corrected chi connectivity index (χ0v) is 10.7. The van der Waals surface area contributed by atoms with Gasteiger partial charge in [-0.1, -0.05) is 0 Å². The molecule has 0 radical (unpaired) electrons. The highest BCUT2D eigenvalue weighted by Crippen LogP contribution is 2.12. The van der Waals surface area contributed by atoms with E-state index in [9.17, 15) is 4.79 Å². The Morgan fingerprint density at radius 2 is 2.31 bits per heavy atom. The summed E-state index contributed by atoms with van der Waals surface area (Å²) in [6, 6.07) is 2.07. The van der Waals surface area contributed by atoms with Gasteiger partial charge in [0.25, 0.3) is 0 Å². The van der Waals surface area contributed by atoms with E-state index in [0.717, 1.165) is 17.1 Å². The van der Waals surface area contributed by atoms with Crippen molar-refractivity contribution in [1.82, 2.24) is 4.98 Å². The molecule has 0 bridgehead atoms. The molecule has 0 saturated heterocycles. The predicted octanol–water partition coefficient (Wildman–Crippen LogP) is 3.26. The molecule has 4 heteroatoms. The second kappa shape index (κ2) is 5.37. The molecule has 0 spiro atoms. The number of carbonyl (C=O) groups excluding carboxylic acids is 1. The summed E-state index contributed by atoms with van der Waals surface area (Å²) in [5.74, 6) is 0.275. The summed E-state index contributed by atoms with van der Waals surface area (Å²) in [6.07, 6.45) is 1.95. The van der Waals surface area contributed by atoms with Crippen molar-refractivity contribution in [2.24, 2.45) is 0 Å². The van der Waals surface area contributed by atoms with E-state index in [1.165, 1.54) is 5.56 Å². The van der Waals surface area contributed by atoms with Crippen LogP contribution in [-0.2, 0) is 17.6 Å². The van der Waals surface area contributed by atoms with Crippen LogP contribution < -0.4 is 0 Å². The molecule has 0 aliphatic rings. The fourth-order valence-corrected chi connectivity index (χ4v) is 2.81. The second-order valence-electron chi connectivity index (χ2n) is 3.70. The first-order valence-electron chi connectivity index (χ1n) is 5.18. The summed E-state index contributed by atoms with van der Waals surface area (Å²) in [5, 5.41) is 7.14. The molecule has 0 fully saturated rings. The molecule has 2 aromatic heterocycles. The van der Waals surface area contributed by atoms with Gasteiger partial charge in [-0.05, 0) is 35.7 Å². The Kier molecular flexibility index (Phi) is 3.85. The minimum Gasteiger partial charge on any atom is -0.299 e. The molecule has 0 unspecified atom stereocenters. The van der Waals surface area contributed by atoms with E-state index in [1.54, 1.807) is 22.7 Å². The quantitative estimate of drug-likeness (QED) is 0.816. The van der Waals surface area contributed by atoms with Crippen molar-refractivity contribution >= 4 is 28.5 Å². The van der Waals surface area contributed by atoms with E-state index >= 15 is 0 Å². The monoisotopic (exact) mass is 251 g/mol. The first-order chi connectivity index (χ1) is 7.74. The van der Waals surface area contributed by atoms with Crippen LogP contribution in [0, 0.1) is 6.92 Å². The lowest BCUT2D eigenvalue weighted by Gasteiger charge is -1.97. The van der Waals surface area contributed by atoms with Crippen molar-refractivity contribution in [1.29, 1.82) is 0 Å². The highest BCUT2D eigenvalue weighted by molar-refractivity contribution is 7.09. The van der Waals surface area contributed by atoms with Gasteiger partial charge < -0.3 is 0 Å². The summed E-state index contributed by atoms with van der Waals surface area (Å²) in [4.78, 5) is 16.0. The molecule has 2 aromatic rings. The number of hydrogen-bond acceptors (Lipinski definition) is 4. The maximum Gasteiger partial charge on any atom is 0.139 e. The number of carbonyl (C=O) groups is 1. The van der Waals surface area contributed by atoms with Crippen LogP contribution in [0.4, 0.5) is 0 Å². The molecular weight excluding hydrogens is 238 g/mol. The second-order valence-corrected chi connectivity index (χ2v) is 5.55. The number of nitrogens with zero attached hydrogens (tertiary/aromatic N) is 1. The fraction of sp³-hybridized carbons (Fsp3) is 0.333. The highest BCUT2D eigenvalue weighted by Gasteiger charge is 2.07. The average molecular weight is 251 g/mol. The highest BCUT2D eigenvalue weighted by atomic mass is 32.1. The first kappa shape index (κ1) is 11.5. The molecule has 0 atom stereocenters. The lowest BCUT2D eigenvalue weighted by atomic mass is 10.1. The third-order valence-electron chi connectivity index (χ3n) is 2.32. The van der Waals surface area contributed by atoms with Crippen molar-refractivity contribution in [2.75, 3.05) is 0 Å². The van der Waals surface area contributed by atoms with Crippen LogP contribution in [0.15, 0.2) is 22.2 Å². The molecule has 84 valence electrons. The maximum absolute atomic E-state index is 11.7. The molecule has 2 rings (SSSR count). The normalized spacial score (nSPS) is 10.6. The van der Waals surface area contributed by atoms with E-state index in [4.69, 9.17) is 0 Å². The third kappa shape index (κ3) is 3.25. The van der Waals surface area contributed by atoms with Crippen LogP contribution in [0.3, 0.4) is 0 Å². The SMILES string of the molecule is Cc1nc(CC(=O)CCc2ccsc2)cs1. The van der Waals surface area contributed by atoms with Gasteiger partial charge in [0.2, 0.25) is 0 Å². The van der Waals surface area contributed by atoms with Crippen molar-refractivity contribution in [2.45, 2.75) is 26.2 Å². The average Bonchev–Trinajstić information content (AvgIpc) is 2.87. The van der Waals surface area contributed by atoms with Crippen molar-refractivity contribution < 1.29 is 4.79 Å². The maximum atomic E-state index is 11.7. The van der Waals surface area contributed by atoms with E-state index < -0.39 is 0 Å². The number of aromatic nitrogens is 1. The van der Waals surface area contributed by atoms with Gasteiger partial charge in [0.15, 0.2) is 0 Å². The first-order valence-corrected chi connectivity index (χ1v) is 7.00. The molecule has 2 heterocycles. The summed E-state index contributed by atoms with van der Waals surface area (Å²) < 4.78 is 0. The Balaban J connectivity index is 1.81. The molecule has 16 heavy (non-hydrogen) atoms. The van der Waals surface area contributed by atoms with Gasteiger partial charge in [0.1, 0.15) is 5.78 Å². The fourth-order valence-electron chi connectivity index (χ4n) is 1.50. The zero-order valence-electron chi connectivity index (χ0n) is 9.10. The number of thiophene rings is 1.